The van der Waals surface area contributed by atoms with E-state index in [1.54, 1.807) is 0 Å². The summed E-state index contributed by atoms with van der Waals surface area (Å²) >= 11 is 0. The van der Waals surface area contributed by atoms with Gasteiger partial charge in [0.15, 0.2) is 0 Å². The molecule has 2 atom stereocenters. The second kappa shape index (κ2) is 8.11. The Kier molecular flexibility index (Phi) is 6.17. The number of hydrogen-bond donors (Lipinski definition) is 2. The molecule has 22 heavy (non-hydrogen) atoms. The van der Waals surface area contributed by atoms with Crippen LogP contribution in [0.1, 0.15) is 54.1 Å². The highest BCUT2D eigenvalue weighted by Crippen LogP contribution is 2.24. The molecular formula is C20H27NO. The van der Waals surface area contributed by atoms with Gasteiger partial charge in [0.2, 0.25) is 0 Å². The van der Waals surface area contributed by atoms with Crippen molar-refractivity contribution in [2.75, 3.05) is 6.61 Å². The van der Waals surface area contributed by atoms with Crippen molar-refractivity contribution < 1.29 is 5.11 Å². The molecular weight excluding hydrogens is 270 g/mol. The van der Waals surface area contributed by atoms with Crippen LogP contribution >= 0.6 is 0 Å². The average molecular weight is 297 g/mol. The fraction of sp³-hybridized carbons (Fsp3) is 0.400. The number of benzene rings is 2. The average Bonchev–Trinajstić information content (AvgIpc) is 2.54. The highest BCUT2D eigenvalue weighted by molar-refractivity contribution is 5.31. The monoisotopic (exact) mass is 297 g/mol. The molecule has 2 rings (SSSR count). The van der Waals surface area contributed by atoms with E-state index in [1.807, 2.05) is 6.07 Å². The lowest BCUT2D eigenvalue weighted by molar-refractivity contribution is 0.272. The van der Waals surface area contributed by atoms with E-state index in [-0.39, 0.29) is 18.7 Å². The highest BCUT2D eigenvalue weighted by Gasteiger charge is 2.15. The summed E-state index contributed by atoms with van der Waals surface area (Å²) in [5.74, 6) is 0. The number of aryl methyl sites for hydroxylation is 2. The van der Waals surface area contributed by atoms with E-state index >= 15 is 0 Å². The van der Waals surface area contributed by atoms with E-state index in [0.29, 0.717) is 0 Å². The van der Waals surface area contributed by atoms with Crippen molar-refractivity contribution in [3.05, 3.63) is 70.8 Å². The van der Waals surface area contributed by atoms with Gasteiger partial charge in [-0.25, -0.2) is 0 Å². The van der Waals surface area contributed by atoms with Crippen LogP contribution < -0.4 is 5.32 Å². The smallest absolute Gasteiger partial charge is 0.0431 e. The number of aliphatic hydroxyl groups is 1. The molecule has 0 aliphatic carbocycles. The molecule has 0 heterocycles. The third-order valence-electron chi connectivity index (χ3n) is 4.34. The van der Waals surface area contributed by atoms with Gasteiger partial charge in [0.1, 0.15) is 0 Å². The Morgan fingerprint density at radius 3 is 2.32 bits per heavy atom. The third kappa shape index (κ3) is 4.43. The molecule has 0 aliphatic heterocycles. The van der Waals surface area contributed by atoms with Crippen LogP contribution in [0.4, 0.5) is 0 Å². The lowest BCUT2D eigenvalue weighted by Gasteiger charge is -2.24. The molecule has 0 saturated carbocycles. The summed E-state index contributed by atoms with van der Waals surface area (Å²) in [6, 6.07) is 17.7. The maximum absolute atomic E-state index is 9.15. The Bertz CT molecular complexity index is 580. The lowest BCUT2D eigenvalue weighted by atomic mass is 9.98. The topological polar surface area (TPSA) is 32.3 Å². The summed E-state index contributed by atoms with van der Waals surface area (Å²) in [6.07, 6.45) is 1.75. The first-order valence-electron chi connectivity index (χ1n) is 8.11. The molecule has 118 valence electrons. The van der Waals surface area contributed by atoms with Crippen molar-refractivity contribution in [1.29, 1.82) is 0 Å². The van der Waals surface area contributed by atoms with E-state index in [4.69, 9.17) is 5.11 Å². The number of nitrogens with one attached hydrogen (secondary N) is 1. The minimum atomic E-state index is 0.239. The SMILES string of the molecule is Cc1ccc(C(C)NC(CCCO)c2ccccc2)cc1C. The van der Waals surface area contributed by atoms with Gasteiger partial charge in [-0.05, 0) is 55.9 Å². The highest BCUT2D eigenvalue weighted by atomic mass is 16.2. The normalized spacial score (nSPS) is 13.8. The predicted molar refractivity (Wildman–Crippen MR) is 93.0 cm³/mol. The van der Waals surface area contributed by atoms with Gasteiger partial charge in [-0.2, -0.15) is 0 Å². The maximum Gasteiger partial charge on any atom is 0.0431 e. The third-order valence-corrected chi connectivity index (χ3v) is 4.34. The zero-order valence-corrected chi connectivity index (χ0v) is 13.8. The first-order chi connectivity index (χ1) is 10.6. The molecule has 2 aromatic rings. The molecule has 0 aliphatic rings. The Morgan fingerprint density at radius 1 is 0.955 bits per heavy atom. The van der Waals surface area contributed by atoms with Crippen LogP contribution in [-0.4, -0.2) is 11.7 Å². The van der Waals surface area contributed by atoms with Crippen molar-refractivity contribution in [3.63, 3.8) is 0 Å². The zero-order valence-electron chi connectivity index (χ0n) is 13.8. The summed E-state index contributed by atoms with van der Waals surface area (Å²) in [7, 11) is 0. The fourth-order valence-corrected chi connectivity index (χ4v) is 2.76. The minimum absolute atomic E-state index is 0.239. The van der Waals surface area contributed by atoms with Gasteiger partial charge in [0.05, 0.1) is 0 Å². The number of aliphatic hydroxyl groups excluding tert-OH is 1. The quantitative estimate of drug-likeness (QED) is 0.790. The number of rotatable bonds is 7. The van der Waals surface area contributed by atoms with Crippen molar-refractivity contribution in [2.24, 2.45) is 0 Å². The molecule has 0 bridgehead atoms. The largest absolute Gasteiger partial charge is 0.396 e. The molecule has 2 unspecified atom stereocenters. The van der Waals surface area contributed by atoms with Gasteiger partial charge in [-0.1, -0.05) is 48.5 Å². The van der Waals surface area contributed by atoms with Crippen molar-refractivity contribution >= 4 is 0 Å². The first-order valence-corrected chi connectivity index (χ1v) is 8.11. The standard InChI is InChI=1S/C20H27NO/c1-15-11-12-19(14-16(15)2)17(3)21-20(10-7-13-22)18-8-5-4-6-9-18/h4-6,8-9,11-12,14,17,20-22H,7,10,13H2,1-3H3. The molecule has 2 heteroatoms. The van der Waals surface area contributed by atoms with E-state index in [2.05, 4.69) is 68.6 Å². The van der Waals surface area contributed by atoms with Gasteiger partial charge in [0.25, 0.3) is 0 Å². The summed E-state index contributed by atoms with van der Waals surface area (Å²) < 4.78 is 0. The van der Waals surface area contributed by atoms with Crippen LogP contribution in [0.5, 0.6) is 0 Å². The molecule has 0 amide bonds. The van der Waals surface area contributed by atoms with Crippen LogP contribution in [0.25, 0.3) is 0 Å². The summed E-state index contributed by atoms with van der Waals surface area (Å²) in [5.41, 5.74) is 5.26. The van der Waals surface area contributed by atoms with Gasteiger partial charge < -0.3 is 10.4 Å². The molecule has 0 radical (unpaired) electrons. The van der Waals surface area contributed by atoms with Crippen molar-refractivity contribution in [3.8, 4) is 0 Å². The maximum atomic E-state index is 9.15. The van der Waals surface area contributed by atoms with Gasteiger partial charge in [-0.3, -0.25) is 0 Å². The minimum Gasteiger partial charge on any atom is -0.396 e. The van der Waals surface area contributed by atoms with Crippen molar-refractivity contribution in [1.82, 2.24) is 5.32 Å². The Labute approximate surface area is 134 Å². The zero-order chi connectivity index (χ0) is 15.9. The predicted octanol–water partition coefficient (Wildman–Crippen LogP) is 4.47. The van der Waals surface area contributed by atoms with Crippen LogP contribution in [0.2, 0.25) is 0 Å². The van der Waals surface area contributed by atoms with Gasteiger partial charge >= 0.3 is 0 Å². The van der Waals surface area contributed by atoms with Crippen molar-refractivity contribution in [2.45, 2.75) is 45.7 Å². The Hall–Kier alpha value is -1.64. The molecule has 2 N–H and O–H groups in total. The van der Waals surface area contributed by atoms with Crippen LogP contribution in [0.3, 0.4) is 0 Å². The van der Waals surface area contributed by atoms with E-state index in [1.165, 1.54) is 22.3 Å². The second-order valence-electron chi connectivity index (χ2n) is 6.06. The lowest BCUT2D eigenvalue weighted by Crippen LogP contribution is -2.25. The molecule has 0 fully saturated rings. The molecule has 0 saturated heterocycles. The van der Waals surface area contributed by atoms with E-state index in [9.17, 15) is 0 Å². The molecule has 2 nitrogen and oxygen atoms in total. The first kappa shape index (κ1) is 16.7. The van der Waals surface area contributed by atoms with Gasteiger partial charge in [0, 0.05) is 18.7 Å². The van der Waals surface area contributed by atoms with Crippen LogP contribution in [0.15, 0.2) is 48.5 Å². The van der Waals surface area contributed by atoms with Crippen LogP contribution in [-0.2, 0) is 0 Å². The van der Waals surface area contributed by atoms with E-state index in [0.717, 1.165) is 12.8 Å². The van der Waals surface area contributed by atoms with E-state index < -0.39 is 0 Å². The van der Waals surface area contributed by atoms with Gasteiger partial charge in [-0.15, -0.1) is 0 Å². The fourth-order valence-electron chi connectivity index (χ4n) is 2.76. The Balaban J connectivity index is 2.13. The molecule has 2 aromatic carbocycles. The summed E-state index contributed by atoms with van der Waals surface area (Å²) in [5, 5.41) is 12.9. The molecule has 0 spiro atoms. The Morgan fingerprint density at radius 2 is 1.68 bits per heavy atom. The number of hydrogen-bond acceptors (Lipinski definition) is 2. The van der Waals surface area contributed by atoms with Crippen LogP contribution in [0, 0.1) is 13.8 Å². The second-order valence-corrected chi connectivity index (χ2v) is 6.06. The summed E-state index contributed by atoms with van der Waals surface area (Å²) in [6.45, 7) is 6.75. The summed E-state index contributed by atoms with van der Waals surface area (Å²) in [4.78, 5) is 0. The molecule has 0 aromatic heterocycles.